The molecule has 6 aromatic carbocycles. The predicted octanol–water partition coefficient (Wildman–Crippen LogP) is 11.1. The molecule has 240 valence electrons. The minimum Gasteiger partial charge on any atom is -0.490 e. The van der Waals surface area contributed by atoms with Crippen LogP contribution in [-0.4, -0.2) is 19.5 Å². The van der Waals surface area contributed by atoms with Crippen molar-refractivity contribution in [1.82, 2.24) is 0 Å². The van der Waals surface area contributed by atoms with Crippen molar-refractivity contribution in [3.8, 4) is 33.8 Å². The van der Waals surface area contributed by atoms with Crippen molar-refractivity contribution in [2.24, 2.45) is 0 Å². The van der Waals surface area contributed by atoms with E-state index >= 15 is 0 Å². The number of rotatable bonds is 12. The van der Waals surface area contributed by atoms with Crippen molar-refractivity contribution >= 4 is 0 Å². The molecule has 0 aromatic heterocycles. The molecule has 1 aliphatic rings. The third-order valence-electron chi connectivity index (χ3n) is 9.54. The van der Waals surface area contributed by atoms with Gasteiger partial charge in [-0.25, -0.2) is 0 Å². The number of para-hydroxylation sites is 1. The zero-order chi connectivity index (χ0) is 32.7. The molecule has 2 atom stereocenters. The van der Waals surface area contributed by atoms with E-state index in [1.165, 1.54) is 27.8 Å². The maximum absolute atomic E-state index is 6.80. The minimum absolute atomic E-state index is 0.0862. The first-order valence-electron chi connectivity index (χ1n) is 17.1. The van der Waals surface area contributed by atoms with Crippen LogP contribution in [0.15, 0.2) is 152 Å². The highest BCUT2D eigenvalue weighted by atomic mass is 16.7. The lowest BCUT2D eigenvalue weighted by atomic mass is 9.77. The molecule has 6 aromatic rings. The second kappa shape index (κ2) is 14.8. The van der Waals surface area contributed by atoms with Gasteiger partial charge < -0.3 is 14.2 Å². The summed E-state index contributed by atoms with van der Waals surface area (Å²) in [5.41, 5.74) is 10.8. The van der Waals surface area contributed by atoms with E-state index < -0.39 is 6.29 Å². The molecule has 0 radical (unpaired) electrons. The Bertz CT molecular complexity index is 1830. The molecule has 48 heavy (non-hydrogen) atoms. The van der Waals surface area contributed by atoms with E-state index in [0.717, 1.165) is 46.6 Å². The van der Waals surface area contributed by atoms with Gasteiger partial charge in [-0.1, -0.05) is 153 Å². The molecule has 2 unspecified atom stereocenters. The maximum Gasteiger partial charge on any atom is 0.211 e. The van der Waals surface area contributed by atoms with Crippen LogP contribution in [0.4, 0.5) is 0 Å². The fourth-order valence-electron chi connectivity index (χ4n) is 6.80. The Morgan fingerprint density at radius 2 is 1.12 bits per heavy atom. The van der Waals surface area contributed by atoms with Gasteiger partial charge in [-0.05, 0) is 69.8 Å². The van der Waals surface area contributed by atoms with Gasteiger partial charge in [0.25, 0.3) is 0 Å². The number of fused-ring (bicyclic) bond motifs is 2. The Balaban J connectivity index is 1.19. The van der Waals surface area contributed by atoms with E-state index in [1.54, 1.807) is 0 Å². The standard InChI is InChI=1S/C45H42O3/c1-3-32(2)33-25-27-38(28-26-33)48-45(43-39-21-12-10-19-36(39)31-37-20-11-13-22-40(37)43)47-30-29-46-44-41(34-15-6-4-7-16-34)23-14-24-42(44)35-17-8-5-9-18-35/h4-28,32,43,45H,3,29-31H2,1-2H3. The van der Waals surface area contributed by atoms with Crippen LogP contribution in [0.2, 0.25) is 0 Å². The summed E-state index contributed by atoms with van der Waals surface area (Å²) in [6, 6.07) is 53.1. The lowest BCUT2D eigenvalue weighted by Crippen LogP contribution is -2.33. The fourth-order valence-corrected chi connectivity index (χ4v) is 6.80. The number of hydrogen-bond acceptors (Lipinski definition) is 3. The summed E-state index contributed by atoms with van der Waals surface area (Å²) in [6.45, 7) is 5.21. The van der Waals surface area contributed by atoms with Gasteiger partial charge in [0.1, 0.15) is 18.1 Å². The van der Waals surface area contributed by atoms with Gasteiger partial charge in [-0.2, -0.15) is 0 Å². The van der Waals surface area contributed by atoms with Gasteiger partial charge in [-0.15, -0.1) is 0 Å². The van der Waals surface area contributed by atoms with Crippen LogP contribution in [-0.2, 0) is 11.2 Å². The van der Waals surface area contributed by atoms with E-state index in [0.29, 0.717) is 19.1 Å². The Morgan fingerprint density at radius 3 is 1.69 bits per heavy atom. The molecule has 0 aliphatic heterocycles. The Hall–Kier alpha value is -5.12. The summed E-state index contributed by atoms with van der Waals surface area (Å²) in [5, 5.41) is 0. The molecule has 0 saturated carbocycles. The molecule has 3 nitrogen and oxygen atoms in total. The van der Waals surface area contributed by atoms with Crippen molar-refractivity contribution in [2.75, 3.05) is 13.2 Å². The Labute approximate surface area is 284 Å². The van der Waals surface area contributed by atoms with Gasteiger partial charge in [0.15, 0.2) is 0 Å². The Kier molecular flexibility index (Phi) is 9.67. The highest BCUT2D eigenvalue weighted by molar-refractivity contribution is 5.82. The van der Waals surface area contributed by atoms with Crippen LogP contribution >= 0.6 is 0 Å². The second-order valence-electron chi connectivity index (χ2n) is 12.6. The highest BCUT2D eigenvalue weighted by Gasteiger charge is 2.34. The number of hydrogen-bond donors (Lipinski definition) is 0. The largest absolute Gasteiger partial charge is 0.490 e. The molecule has 1 aliphatic carbocycles. The second-order valence-corrected chi connectivity index (χ2v) is 12.6. The van der Waals surface area contributed by atoms with Crippen molar-refractivity contribution in [3.05, 3.63) is 179 Å². The van der Waals surface area contributed by atoms with Crippen LogP contribution in [0, 0.1) is 0 Å². The minimum atomic E-state index is -0.552. The highest BCUT2D eigenvalue weighted by Crippen LogP contribution is 2.41. The first-order valence-corrected chi connectivity index (χ1v) is 17.1. The molecule has 0 N–H and O–H groups in total. The number of benzene rings is 6. The van der Waals surface area contributed by atoms with Crippen LogP contribution in [0.5, 0.6) is 11.5 Å². The lowest BCUT2D eigenvalue weighted by molar-refractivity contribution is -0.0960. The van der Waals surface area contributed by atoms with Crippen molar-refractivity contribution in [2.45, 2.75) is 44.8 Å². The predicted molar refractivity (Wildman–Crippen MR) is 196 cm³/mol. The first-order chi connectivity index (χ1) is 23.7. The van der Waals surface area contributed by atoms with Crippen LogP contribution in [0.1, 0.15) is 59.9 Å². The molecule has 0 bridgehead atoms. The lowest BCUT2D eigenvalue weighted by Gasteiger charge is -2.34. The molecule has 0 amide bonds. The van der Waals surface area contributed by atoms with Gasteiger partial charge >= 0.3 is 0 Å². The van der Waals surface area contributed by atoms with E-state index in [-0.39, 0.29) is 5.92 Å². The van der Waals surface area contributed by atoms with E-state index in [9.17, 15) is 0 Å². The first kappa shape index (κ1) is 31.5. The number of ether oxygens (including phenoxy) is 3. The average Bonchev–Trinajstić information content (AvgIpc) is 3.15. The topological polar surface area (TPSA) is 27.7 Å². The monoisotopic (exact) mass is 630 g/mol. The van der Waals surface area contributed by atoms with Crippen LogP contribution in [0.3, 0.4) is 0 Å². The van der Waals surface area contributed by atoms with Gasteiger partial charge in [0.2, 0.25) is 6.29 Å². The van der Waals surface area contributed by atoms with Gasteiger partial charge in [-0.3, -0.25) is 0 Å². The van der Waals surface area contributed by atoms with E-state index in [4.69, 9.17) is 14.2 Å². The van der Waals surface area contributed by atoms with E-state index in [2.05, 4.69) is 153 Å². The summed E-state index contributed by atoms with van der Waals surface area (Å²) in [7, 11) is 0. The van der Waals surface area contributed by atoms with Crippen molar-refractivity contribution in [3.63, 3.8) is 0 Å². The summed E-state index contributed by atoms with van der Waals surface area (Å²) < 4.78 is 20.2. The van der Waals surface area contributed by atoms with Crippen LogP contribution in [0.25, 0.3) is 22.3 Å². The van der Waals surface area contributed by atoms with Gasteiger partial charge in [0.05, 0.1) is 12.5 Å². The molecular formula is C45H42O3. The smallest absolute Gasteiger partial charge is 0.211 e. The zero-order valence-electron chi connectivity index (χ0n) is 27.7. The molecule has 7 rings (SSSR count). The third kappa shape index (κ3) is 6.79. The summed E-state index contributed by atoms with van der Waals surface area (Å²) >= 11 is 0. The molecule has 0 heterocycles. The molecule has 0 spiro atoms. The average molecular weight is 631 g/mol. The van der Waals surface area contributed by atoms with E-state index in [1.807, 2.05) is 12.1 Å². The summed E-state index contributed by atoms with van der Waals surface area (Å²) in [6.07, 6.45) is 1.45. The van der Waals surface area contributed by atoms with Crippen molar-refractivity contribution < 1.29 is 14.2 Å². The SMILES string of the molecule is CCC(C)c1ccc(OC(OCCOc2c(-c3ccccc3)cccc2-c2ccccc2)C2c3ccccc3Cc3ccccc32)cc1. The van der Waals surface area contributed by atoms with Crippen LogP contribution < -0.4 is 9.47 Å². The molecular weight excluding hydrogens is 588 g/mol. The summed E-state index contributed by atoms with van der Waals surface area (Å²) in [5.74, 6) is 2.07. The normalized spacial score (nSPS) is 13.6. The third-order valence-corrected chi connectivity index (χ3v) is 9.54. The Morgan fingerprint density at radius 1 is 0.583 bits per heavy atom. The van der Waals surface area contributed by atoms with Crippen molar-refractivity contribution in [1.29, 1.82) is 0 Å². The fraction of sp³-hybridized carbons (Fsp3) is 0.200. The molecule has 0 saturated heterocycles. The van der Waals surface area contributed by atoms with Gasteiger partial charge in [0, 0.05) is 11.1 Å². The molecule has 0 fully saturated rings. The molecule has 3 heteroatoms. The summed E-state index contributed by atoms with van der Waals surface area (Å²) in [4.78, 5) is 0. The zero-order valence-corrected chi connectivity index (χ0v) is 27.7. The quantitative estimate of drug-likeness (QED) is 0.0995. The maximum atomic E-state index is 6.80.